The number of amides is 2. The molecule has 2 aliphatic rings. The Labute approximate surface area is 248 Å². The smallest absolute Gasteiger partial charge is 0.326 e. The molecule has 2 N–H and O–H groups in total. The summed E-state index contributed by atoms with van der Waals surface area (Å²) in [5.74, 6) is -2.14. The number of carboxylic acids is 1. The highest BCUT2D eigenvalue weighted by Gasteiger charge is 2.30. The van der Waals surface area contributed by atoms with Crippen LogP contribution in [0.5, 0.6) is 0 Å². The summed E-state index contributed by atoms with van der Waals surface area (Å²) in [6.07, 6.45) is 4.43. The van der Waals surface area contributed by atoms with Crippen molar-refractivity contribution < 1.29 is 27.9 Å². The van der Waals surface area contributed by atoms with Crippen molar-refractivity contribution in [2.24, 2.45) is 0 Å². The molecule has 5 rings (SSSR count). The van der Waals surface area contributed by atoms with E-state index in [1.54, 1.807) is 17.0 Å². The number of carbonyl (C=O) groups is 3. The average molecular weight is 616 g/mol. The first-order valence-corrected chi connectivity index (χ1v) is 15.8. The summed E-state index contributed by atoms with van der Waals surface area (Å²) in [6.45, 7) is 0.681. The minimum atomic E-state index is -3.49. The number of nitrogens with one attached hydrogen (secondary N) is 1. The van der Waals surface area contributed by atoms with Crippen molar-refractivity contribution in [2.45, 2.75) is 49.6 Å². The zero-order chi connectivity index (χ0) is 29.5. The normalized spacial score (nSPS) is 15.1. The first kappa shape index (κ1) is 29.1. The Bertz CT molecular complexity index is 1690. The Morgan fingerprint density at radius 2 is 1.76 bits per heavy atom. The molecule has 0 fully saturated rings. The van der Waals surface area contributed by atoms with Crippen molar-refractivity contribution in [3.63, 3.8) is 0 Å². The molecule has 2 amide bonds. The molecule has 0 unspecified atom stereocenters. The number of nitrogens with zero attached hydrogens (tertiary/aromatic N) is 1. The quantitative estimate of drug-likeness (QED) is 0.404. The van der Waals surface area contributed by atoms with Gasteiger partial charge >= 0.3 is 5.97 Å². The van der Waals surface area contributed by atoms with Crippen LogP contribution in [0.25, 0.3) is 0 Å². The van der Waals surface area contributed by atoms with E-state index in [4.69, 9.17) is 23.2 Å². The van der Waals surface area contributed by atoms with Crippen LogP contribution in [0.15, 0.2) is 53.4 Å². The van der Waals surface area contributed by atoms with Gasteiger partial charge in [0.15, 0.2) is 9.84 Å². The molecule has 1 aliphatic heterocycles. The van der Waals surface area contributed by atoms with E-state index in [9.17, 15) is 27.9 Å². The maximum atomic E-state index is 13.3. The lowest BCUT2D eigenvalue weighted by molar-refractivity contribution is -0.139. The van der Waals surface area contributed by atoms with Gasteiger partial charge in [-0.2, -0.15) is 0 Å². The van der Waals surface area contributed by atoms with Gasteiger partial charge in [0.1, 0.15) is 6.04 Å². The molecule has 0 aromatic heterocycles. The van der Waals surface area contributed by atoms with E-state index in [0.29, 0.717) is 29.7 Å². The minimum Gasteiger partial charge on any atom is -0.480 e. The average Bonchev–Trinajstić information content (AvgIpc) is 3.39. The van der Waals surface area contributed by atoms with Crippen molar-refractivity contribution in [3.05, 3.63) is 97.5 Å². The van der Waals surface area contributed by atoms with E-state index in [1.807, 2.05) is 18.2 Å². The van der Waals surface area contributed by atoms with E-state index >= 15 is 0 Å². The zero-order valence-electron chi connectivity index (χ0n) is 22.2. The SMILES string of the molecule is CS(=O)(=O)c1cccc(C[C@H](NC(=O)c2c(Cl)cc3c(c2Cl)CCN(C(=O)c2ccc4c(c2)CCC4)C3)C(=O)O)c1. The molecule has 0 saturated carbocycles. The predicted octanol–water partition coefficient (Wildman–Crippen LogP) is 4.51. The number of hydrogen-bond donors (Lipinski definition) is 2. The van der Waals surface area contributed by atoms with E-state index in [-0.39, 0.29) is 39.4 Å². The molecule has 3 aromatic carbocycles. The lowest BCUT2D eigenvalue weighted by Gasteiger charge is -2.30. The summed E-state index contributed by atoms with van der Waals surface area (Å²) in [5.41, 5.74) is 4.96. The molecule has 8 nitrogen and oxygen atoms in total. The van der Waals surface area contributed by atoms with Crippen LogP contribution in [0, 0.1) is 0 Å². The molecule has 1 atom stereocenters. The predicted molar refractivity (Wildman–Crippen MR) is 156 cm³/mol. The summed E-state index contributed by atoms with van der Waals surface area (Å²) in [5, 5.41) is 12.4. The number of benzene rings is 3. The summed E-state index contributed by atoms with van der Waals surface area (Å²) < 4.78 is 23.8. The minimum absolute atomic E-state index is 0.0402. The molecule has 3 aromatic rings. The fourth-order valence-electron chi connectivity index (χ4n) is 5.49. The molecule has 0 saturated heterocycles. The van der Waals surface area contributed by atoms with Crippen LogP contribution < -0.4 is 5.32 Å². The lowest BCUT2D eigenvalue weighted by atomic mass is 9.95. The van der Waals surface area contributed by atoms with Gasteiger partial charge < -0.3 is 15.3 Å². The Morgan fingerprint density at radius 3 is 2.49 bits per heavy atom. The maximum Gasteiger partial charge on any atom is 0.326 e. The molecule has 41 heavy (non-hydrogen) atoms. The van der Waals surface area contributed by atoms with Crippen molar-refractivity contribution in [2.75, 3.05) is 12.8 Å². The standard InChI is InChI=1S/C30H28Cl2N2O6S/c1-41(39,40)22-7-2-4-17(12-22)13-25(30(37)38)33-28(35)26-24(31)15-21-16-34(11-10-23(21)27(26)32)29(36)20-9-8-18-5-3-6-19(18)14-20/h2,4,7-9,12,14-15,25H,3,5-6,10-11,13,16H2,1H3,(H,33,35)(H,37,38)/t25-/m0/s1. The van der Waals surface area contributed by atoms with Crippen LogP contribution in [0.3, 0.4) is 0 Å². The van der Waals surface area contributed by atoms with Crippen molar-refractivity contribution >= 4 is 50.8 Å². The number of aryl methyl sites for hydroxylation is 2. The van der Waals surface area contributed by atoms with Crippen LogP contribution in [0.1, 0.15) is 55.0 Å². The van der Waals surface area contributed by atoms with Gasteiger partial charge in [-0.15, -0.1) is 0 Å². The van der Waals surface area contributed by atoms with Crippen molar-refractivity contribution in [3.8, 4) is 0 Å². The molecular formula is C30H28Cl2N2O6S. The van der Waals surface area contributed by atoms with Gasteiger partial charge in [-0.3, -0.25) is 9.59 Å². The molecule has 0 bridgehead atoms. The first-order chi connectivity index (χ1) is 19.4. The zero-order valence-corrected chi connectivity index (χ0v) is 24.6. The number of hydrogen-bond acceptors (Lipinski definition) is 5. The summed E-state index contributed by atoms with van der Waals surface area (Å²) in [7, 11) is -3.49. The molecule has 214 valence electrons. The van der Waals surface area contributed by atoms with Gasteiger partial charge in [-0.05, 0) is 83.8 Å². The van der Waals surface area contributed by atoms with Crippen molar-refractivity contribution in [1.82, 2.24) is 10.2 Å². The fraction of sp³-hybridized carbons (Fsp3) is 0.300. The van der Waals surface area contributed by atoms with Gasteiger partial charge in [0.25, 0.3) is 11.8 Å². The van der Waals surface area contributed by atoms with E-state index in [0.717, 1.165) is 31.1 Å². The number of halogens is 2. The Balaban J connectivity index is 1.34. The second-order valence-corrected chi connectivity index (χ2v) is 13.3. The van der Waals surface area contributed by atoms with Crippen LogP contribution in [0.4, 0.5) is 0 Å². The van der Waals surface area contributed by atoms with Gasteiger partial charge in [0, 0.05) is 31.3 Å². The van der Waals surface area contributed by atoms with E-state index in [2.05, 4.69) is 5.32 Å². The van der Waals surface area contributed by atoms with Crippen molar-refractivity contribution in [1.29, 1.82) is 0 Å². The monoisotopic (exact) mass is 614 g/mol. The Hall–Kier alpha value is -3.40. The fourth-order valence-corrected chi connectivity index (χ4v) is 6.95. The molecular weight excluding hydrogens is 587 g/mol. The Kier molecular flexibility index (Phi) is 8.14. The number of carboxylic acid groups (broad SMARTS) is 1. The third-order valence-electron chi connectivity index (χ3n) is 7.63. The molecule has 0 radical (unpaired) electrons. The van der Waals surface area contributed by atoms with E-state index < -0.39 is 27.8 Å². The first-order valence-electron chi connectivity index (χ1n) is 13.2. The molecule has 1 aliphatic carbocycles. The topological polar surface area (TPSA) is 121 Å². The third kappa shape index (κ3) is 6.12. The number of fused-ring (bicyclic) bond motifs is 2. The maximum absolute atomic E-state index is 13.3. The molecule has 1 heterocycles. The highest BCUT2D eigenvalue weighted by Crippen LogP contribution is 2.35. The van der Waals surface area contributed by atoms with Gasteiger partial charge in [0.05, 0.1) is 20.5 Å². The van der Waals surface area contributed by atoms with Gasteiger partial charge in [-0.1, -0.05) is 41.4 Å². The number of sulfone groups is 1. The highest BCUT2D eigenvalue weighted by molar-refractivity contribution is 7.90. The van der Waals surface area contributed by atoms with Crippen LogP contribution in [0.2, 0.25) is 10.0 Å². The van der Waals surface area contributed by atoms with Crippen LogP contribution in [-0.2, 0) is 46.9 Å². The third-order valence-corrected chi connectivity index (χ3v) is 9.46. The Morgan fingerprint density at radius 1 is 1.00 bits per heavy atom. The van der Waals surface area contributed by atoms with Gasteiger partial charge in [-0.25, -0.2) is 13.2 Å². The highest BCUT2D eigenvalue weighted by atomic mass is 35.5. The molecule has 11 heteroatoms. The van der Waals surface area contributed by atoms with Crippen LogP contribution >= 0.6 is 23.2 Å². The summed E-state index contributed by atoms with van der Waals surface area (Å²) in [4.78, 5) is 40.3. The number of rotatable bonds is 7. The summed E-state index contributed by atoms with van der Waals surface area (Å²) in [6, 6.07) is 12.0. The van der Waals surface area contributed by atoms with E-state index in [1.165, 1.54) is 29.3 Å². The number of aliphatic carboxylic acids is 1. The molecule has 0 spiro atoms. The largest absolute Gasteiger partial charge is 0.480 e. The van der Waals surface area contributed by atoms with Gasteiger partial charge in [0.2, 0.25) is 0 Å². The number of carbonyl (C=O) groups excluding carboxylic acids is 2. The summed E-state index contributed by atoms with van der Waals surface area (Å²) >= 11 is 13.2. The second-order valence-electron chi connectivity index (χ2n) is 10.5. The van der Waals surface area contributed by atoms with Crippen LogP contribution in [-0.4, -0.2) is 55.1 Å². The second kappa shape index (κ2) is 11.5. The lowest BCUT2D eigenvalue weighted by Crippen LogP contribution is -2.42.